The van der Waals surface area contributed by atoms with E-state index in [0.717, 1.165) is 0 Å². The third kappa shape index (κ3) is 3.64. The van der Waals surface area contributed by atoms with Crippen molar-refractivity contribution in [3.05, 3.63) is 30.3 Å². The normalized spacial score (nSPS) is 21.3. The Morgan fingerprint density at radius 2 is 2.04 bits per heavy atom. The molecule has 0 unspecified atom stereocenters. The summed E-state index contributed by atoms with van der Waals surface area (Å²) < 4.78 is 44.7. The largest absolute Gasteiger partial charge is 0.484 e. The van der Waals surface area contributed by atoms with Gasteiger partial charge >= 0.3 is 6.18 Å². The van der Waals surface area contributed by atoms with Crippen LogP contribution in [-0.4, -0.2) is 40.2 Å². The molecule has 23 heavy (non-hydrogen) atoms. The summed E-state index contributed by atoms with van der Waals surface area (Å²) in [4.78, 5) is 12.1. The Bertz CT molecular complexity index is 589. The summed E-state index contributed by atoms with van der Waals surface area (Å²) in [6, 6.07) is 8.20. The summed E-state index contributed by atoms with van der Waals surface area (Å²) in [6.07, 6.45) is -4.90. The number of hydrogen-bond acceptors (Lipinski definition) is 4. The van der Waals surface area contributed by atoms with Gasteiger partial charge in [0.15, 0.2) is 6.61 Å². The molecule has 2 rings (SSSR count). The van der Waals surface area contributed by atoms with Crippen LogP contribution in [0.3, 0.4) is 0 Å². The number of carbonyl (C=O) groups is 1. The predicted octanol–water partition coefficient (Wildman–Crippen LogP) is 2.70. The highest BCUT2D eigenvalue weighted by Gasteiger charge is 2.63. The second-order valence-electron chi connectivity index (χ2n) is 5.21. The van der Waals surface area contributed by atoms with Gasteiger partial charge in [-0.2, -0.15) is 23.3 Å². The van der Waals surface area contributed by atoms with E-state index in [9.17, 15) is 23.1 Å². The van der Waals surface area contributed by atoms with E-state index in [1.165, 1.54) is 0 Å². The highest BCUT2D eigenvalue weighted by Crippen LogP contribution is 2.40. The van der Waals surface area contributed by atoms with Crippen LogP contribution in [0.25, 0.3) is 0 Å². The van der Waals surface area contributed by atoms with Crippen molar-refractivity contribution in [3.63, 3.8) is 0 Å². The monoisotopic (exact) mass is 330 g/mol. The molecule has 1 aromatic rings. The molecule has 1 amide bonds. The molecule has 0 aliphatic carbocycles. The molecule has 0 saturated heterocycles. The first kappa shape index (κ1) is 17.3. The smallest absolute Gasteiger partial charge is 0.438 e. The number of aliphatic hydroxyl groups is 1. The van der Waals surface area contributed by atoms with Crippen molar-refractivity contribution in [2.45, 2.75) is 38.1 Å². The topological polar surface area (TPSA) is 62.1 Å². The molecular formula is C15H17F3N2O3. The third-order valence-electron chi connectivity index (χ3n) is 3.38. The van der Waals surface area contributed by atoms with Gasteiger partial charge in [0.2, 0.25) is 0 Å². The fourth-order valence-electron chi connectivity index (χ4n) is 2.25. The van der Waals surface area contributed by atoms with E-state index in [2.05, 4.69) is 5.10 Å². The van der Waals surface area contributed by atoms with Crippen molar-refractivity contribution in [1.29, 1.82) is 0 Å². The van der Waals surface area contributed by atoms with Crippen LogP contribution < -0.4 is 4.74 Å². The Morgan fingerprint density at radius 1 is 1.39 bits per heavy atom. The van der Waals surface area contributed by atoms with Crippen LogP contribution in [0, 0.1) is 0 Å². The summed E-state index contributed by atoms with van der Waals surface area (Å²) in [5.74, 6) is -0.715. The number of halogens is 3. The highest BCUT2D eigenvalue weighted by atomic mass is 19.4. The minimum Gasteiger partial charge on any atom is -0.484 e. The predicted molar refractivity (Wildman–Crippen MR) is 76.7 cm³/mol. The van der Waals surface area contributed by atoms with Crippen LogP contribution in [0.4, 0.5) is 13.2 Å². The minimum absolute atomic E-state index is 0.0981. The Labute approximate surface area is 131 Å². The van der Waals surface area contributed by atoms with Crippen LogP contribution in [0.1, 0.15) is 26.2 Å². The van der Waals surface area contributed by atoms with E-state index in [1.807, 2.05) is 0 Å². The first-order valence-electron chi connectivity index (χ1n) is 7.14. The zero-order chi connectivity index (χ0) is 17.1. The maximum Gasteiger partial charge on any atom is 0.438 e. The van der Waals surface area contributed by atoms with Crippen LogP contribution in [0.5, 0.6) is 5.75 Å². The van der Waals surface area contributed by atoms with E-state index in [4.69, 9.17) is 4.74 Å². The number of ether oxygens (including phenoxy) is 1. The Hall–Kier alpha value is -2.09. The van der Waals surface area contributed by atoms with E-state index in [0.29, 0.717) is 12.2 Å². The van der Waals surface area contributed by atoms with Crippen LogP contribution in [0.15, 0.2) is 35.4 Å². The summed E-state index contributed by atoms with van der Waals surface area (Å²) in [5.41, 5.74) is -3.17. The summed E-state index contributed by atoms with van der Waals surface area (Å²) >= 11 is 0. The Balaban J connectivity index is 2.14. The van der Waals surface area contributed by atoms with E-state index < -0.39 is 30.8 Å². The van der Waals surface area contributed by atoms with Crippen molar-refractivity contribution in [1.82, 2.24) is 5.01 Å². The van der Waals surface area contributed by atoms with Crippen molar-refractivity contribution >= 4 is 11.6 Å². The molecule has 5 nitrogen and oxygen atoms in total. The number of amides is 1. The Morgan fingerprint density at radius 3 is 2.61 bits per heavy atom. The quantitative estimate of drug-likeness (QED) is 0.903. The van der Waals surface area contributed by atoms with Gasteiger partial charge in [-0.25, -0.2) is 0 Å². The lowest BCUT2D eigenvalue weighted by Gasteiger charge is -2.32. The minimum atomic E-state index is -5.01. The molecule has 1 N–H and O–H groups in total. The van der Waals surface area contributed by atoms with E-state index in [1.54, 1.807) is 37.3 Å². The number of rotatable bonds is 5. The van der Waals surface area contributed by atoms with Crippen molar-refractivity contribution in [2.24, 2.45) is 5.10 Å². The first-order valence-corrected chi connectivity index (χ1v) is 7.14. The molecule has 0 spiro atoms. The molecule has 0 radical (unpaired) electrons. The number of hydrazone groups is 1. The molecule has 0 fully saturated rings. The average molecular weight is 330 g/mol. The number of hydrogen-bond donors (Lipinski definition) is 1. The number of alkyl halides is 3. The molecule has 0 bridgehead atoms. The Kier molecular flexibility index (Phi) is 4.93. The summed E-state index contributed by atoms with van der Waals surface area (Å²) in [7, 11) is 0. The maximum atomic E-state index is 13.2. The molecule has 0 saturated carbocycles. The SMILES string of the molecule is CCCC1=NN(C(=O)COc2ccccc2)[C@@](O)(C(F)(F)F)C1. The van der Waals surface area contributed by atoms with E-state index >= 15 is 0 Å². The zero-order valence-electron chi connectivity index (χ0n) is 12.5. The van der Waals surface area contributed by atoms with Gasteiger partial charge in [-0.15, -0.1) is 0 Å². The molecular weight excluding hydrogens is 313 g/mol. The first-order chi connectivity index (χ1) is 10.8. The van der Waals surface area contributed by atoms with Crippen LogP contribution >= 0.6 is 0 Å². The number of carbonyl (C=O) groups excluding carboxylic acids is 1. The van der Waals surface area contributed by atoms with Gasteiger partial charge < -0.3 is 9.84 Å². The number of para-hydroxylation sites is 1. The lowest BCUT2D eigenvalue weighted by Crippen LogP contribution is -2.57. The second-order valence-corrected chi connectivity index (χ2v) is 5.21. The van der Waals surface area contributed by atoms with E-state index in [-0.39, 0.29) is 17.1 Å². The highest BCUT2D eigenvalue weighted by molar-refractivity contribution is 5.91. The standard InChI is InChI=1S/C15H17F3N2O3/c1-2-6-11-9-14(22,15(16,17)18)20(19-11)13(21)10-23-12-7-4-3-5-8-12/h3-5,7-8,22H,2,6,9-10H2,1H3/t14-/m0/s1. The number of nitrogens with zero attached hydrogens (tertiary/aromatic N) is 2. The van der Waals surface area contributed by atoms with Gasteiger partial charge in [-0.3, -0.25) is 4.79 Å². The maximum absolute atomic E-state index is 13.2. The van der Waals surface area contributed by atoms with Gasteiger partial charge in [-0.1, -0.05) is 31.5 Å². The molecule has 1 heterocycles. The summed E-state index contributed by atoms with van der Waals surface area (Å²) in [5, 5.41) is 13.7. The third-order valence-corrected chi connectivity index (χ3v) is 3.38. The van der Waals surface area contributed by atoms with Gasteiger partial charge in [0.1, 0.15) is 5.75 Å². The summed E-state index contributed by atoms with van der Waals surface area (Å²) in [6.45, 7) is 1.13. The molecule has 126 valence electrons. The lowest BCUT2D eigenvalue weighted by atomic mass is 10.0. The molecule has 0 aromatic heterocycles. The average Bonchev–Trinajstić information content (AvgIpc) is 2.84. The van der Waals surface area contributed by atoms with Crippen molar-refractivity contribution in [2.75, 3.05) is 6.61 Å². The van der Waals surface area contributed by atoms with Gasteiger partial charge in [0, 0.05) is 12.1 Å². The molecule has 1 aromatic carbocycles. The van der Waals surface area contributed by atoms with Crippen LogP contribution in [-0.2, 0) is 4.79 Å². The van der Waals surface area contributed by atoms with Crippen molar-refractivity contribution < 1.29 is 27.8 Å². The fourth-order valence-corrected chi connectivity index (χ4v) is 2.25. The zero-order valence-corrected chi connectivity index (χ0v) is 12.5. The lowest BCUT2D eigenvalue weighted by molar-refractivity contribution is -0.302. The van der Waals surface area contributed by atoms with Crippen molar-refractivity contribution in [3.8, 4) is 5.75 Å². The molecule has 1 aliphatic rings. The second kappa shape index (κ2) is 6.57. The van der Waals surface area contributed by atoms with Gasteiger partial charge in [0.25, 0.3) is 11.6 Å². The fraction of sp³-hybridized carbons (Fsp3) is 0.467. The molecule has 1 aliphatic heterocycles. The number of benzene rings is 1. The molecule has 1 atom stereocenters. The van der Waals surface area contributed by atoms with Gasteiger partial charge in [0.05, 0.1) is 0 Å². The van der Waals surface area contributed by atoms with Gasteiger partial charge in [-0.05, 0) is 18.6 Å². The van der Waals surface area contributed by atoms with Crippen LogP contribution in [0.2, 0.25) is 0 Å². The molecule has 8 heteroatoms.